The zero-order chi connectivity index (χ0) is 11.6. The molecule has 0 unspecified atom stereocenters. The number of nitrogens with zero attached hydrogens (tertiary/aromatic N) is 1. The number of rotatable bonds is 8. The minimum atomic E-state index is 0.237. The van der Waals surface area contributed by atoms with E-state index in [0.717, 1.165) is 25.0 Å². The largest absolute Gasteiger partial charge is 0.395 e. The normalized spacial score (nSPS) is 10.9. The lowest BCUT2D eigenvalue weighted by Crippen LogP contribution is -2.27. The monoisotopic (exact) mass is 285 g/mol. The van der Waals surface area contributed by atoms with Gasteiger partial charge in [0.2, 0.25) is 0 Å². The number of aliphatic hydroxyl groups excluding tert-OH is 1. The SMILES string of the molecule is OCCN(CCCCBr)Cc1ccccc1. The van der Waals surface area contributed by atoms with Crippen LogP contribution in [0.3, 0.4) is 0 Å². The van der Waals surface area contributed by atoms with Gasteiger partial charge in [0.1, 0.15) is 0 Å². The van der Waals surface area contributed by atoms with E-state index in [-0.39, 0.29) is 6.61 Å². The van der Waals surface area contributed by atoms with Gasteiger partial charge in [-0.1, -0.05) is 46.3 Å². The summed E-state index contributed by atoms with van der Waals surface area (Å²) in [5, 5.41) is 10.1. The Labute approximate surface area is 106 Å². The van der Waals surface area contributed by atoms with Crippen molar-refractivity contribution in [3.8, 4) is 0 Å². The smallest absolute Gasteiger partial charge is 0.0558 e. The van der Waals surface area contributed by atoms with Crippen LogP contribution in [0.1, 0.15) is 18.4 Å². The van der Waals surface area contributed by atoms with Crippen LogP contribution in [0.4, 0.5) is 0 Å². The zero-order valence-corrected chi connectivity index (χ0v) is 11.2. The van der Waals surface area contributed by atoms with E-state index >= 15 is 0 Å². The summed E-state index contributed by atoms with van der Waals surface area (Å²) >= 11 is 3.44. The van der Waals surface area contributed by atoms with Crippen molar-refractivity contribution in [2.75, 3.05) is 25.0 Å². The first-order chi connectivity index (χ1) is 7.86. The third-order valence-electron chi connectivity index (χ3n) is 2.52. The van der Waals surface area contributed by atoms with Crippen molar-refractivity contribution in [2.24, 2.45) is 0 Å². The van der Waals surface area contributed by atoms with Gasteiger partial charge in [0.25, 0.3) is 0 Å². The van der Waals surface area contributed by atoms with Gasteiger partial charge in [-0.3, -0.25) is 4.90 Å². The Balaban J connectivity index is 2.38. The van der Waals surface area contributed by atoms with E-state index < -0.39 is 0 Å². The highest BCUT2D eigenvalue weighted by molar-refractivity contribution is 9.09. The fourth-order valence-electron chi connectivity index (χ4n) is 1.68. The highest BCUT2D eigenvalue weighted by Gasteiger charge is 2.04. The Morgan fingerprint density at radius 1 is 1.06 bits per heavy atom. The van der Waals surface area contributed by atoms with Crippen LogP contribution in [0.5, 0.6) is 0 Å². The number of hydrogen-bond acceptors (Lipinski definition) is 2. The van der Waals surface area contributed by atoms with Gasteiger partial charge < -0.3 is 5.11 Å². The molecule has 0 spiro atoms. The Hall–Kier alpha value is -0.380. The molecule has 0 atom stereocenters. The van der Waals surface area contributed by atoms with Crippen molar-refractivity contribution < 1.29 is 5.11 Å². The third kappa shape index (κ3) is 5.64. The molecule has 1 aromatic rings. The molecule has 0 aromatic heterocycles. The molecule has 1 aromatic carbocycles. The Morgan fingerprint density at radius 2 is 1.81 bits per heavy atom. The Kier molecular flexibility index (Phi) is 7.47. The second-order valence-corrected chi connectivity index (χ2v) is 4.67. The van der Waals surface area contributed by atoms with Crippen LogP contribution in [0.25, 0.3) is 0 Å². The van der Waals surface area contributed by atoms with Crippen LogP contribution in [0.2, 0.25) is 0 Å². The summed E-state index contributed by atoms with van der Waals surface area (Å²) in [5.41, 5.74) is 1.31. The molecule has 2 nitrogen and oxygen atoms in total. The maximum Gasteiger partial charge on any atom is 0.0558 e. The summed E-state index contributed by atoms with van der Waals surface area (Å²) in [6.45, 7) is 2.99. The molecule has 1 rings (SSSR count). The van der Waals surface area contributed by atoms with Crippen LogP contribution < -0.4 is 0 Å². The number of benzene rings is 1. The van der Waals surface area contributed by atoms with Crippen molar-refractivity contribution in [2.45, 2.75) is 19.4 Å². The fraction of sp³-hybridized carbons (Fsp3) is 0.538. The number of unbranched alkanes of at least 4 members (excludes halogenated alkanes) is 1. The molecule has 0 aliphatic rings. The maximum absolute atomic E-state index is 9.02. The predicted octanol–water partition coefficient (Wildman–Crippen LogP) is 2.66. The van der Waals surface area contributed by atoms with Crippen LogP contribution in [0, 0.1) is 0 Å². The number of alkyl halides is 1. The van der Waals surface area contributed by atoms with Gasteiger partial charge >= 0.3 is 0 Å². The van der Waals surface area contributed by atoms with Gasteiger partial charge in [0, 0.05) is 18.4 Å². The average Bonchev–Trinajstić information content (AvgIpc) is 2.31. The van der Waals surface area contributed by atoms with E-state index in [0.29, 0.717) is 0 Å². The fourth-order valence-corrected chi connectivity index (χ4v) is 2.08. The highest BCUT2D eigenvalue weighted by atomic mass is 79.9. The molecule has 3 heteroatoms. The first-order valence-corrected chi connectivity index (χ1v) is 6.92. The van der Waals surface area contributed by atoms with Crippen molar-refractivity contribution >= 4 is 15.9 Å². The molecule has 0 aliphatic carbocycles. The lowest BCUT2D eigenvalue weighted by molar-refractivity contribution is 0.188. The molecular formula is C13H20BrNO. The maximum atomic E-state index is 9.02. The van der Waals surface area contributed by atoms with Crippen molar-refractivity contribution in [3.63, 3.8) is 0 Å². The van der Waals surface area contributed by atoms with Crippen LogP contribution in [0.15, 0.2) is 30.3 Å². The van der Waals surface area contributed by atoms with Gasteiger partial charge in [0.05, 0.1) is 6.61 Å². The van der Waals surface area contributed by atoms with Crippen molar-refractivity contribution in [1.82, 2.24) is 4.90 Å². The minimum Gasteiger partial charge on any atom is -0.395 e. The molecule has 0 saturated heterocycles. The average molecular weight is 286 g/mol. The van der Waals surface area contributed by atoms with E-state index in [4.69, 9.17) is 5.11 Å². The minimum absolute atomic E-state index is 0.237. The molecule has 90 valence electrons. The number of halogens is 1. The summed E-state index contributed by atoms with van der Waals surface area (Å²) < 4.78 is 0. The summed E-state index contributed by atoms with van der Waals surface area (Å²) in [6, 6.07) is 10.4. The number of hydrogen-bond donors (Lipinski definition) is 1. The topological polar surface area (TPSA) is 23.5 Å². The van der Waals surface area contributed by atoms with Crippen LogP contribution >= 0.6 is 15.9 Å². The predicted molar refractivity (Wildman–Crippen MR) is 71.8 cm³/mol. The third-order valence-corrected chi connectivity index (χ3v) is 3.08. The van der Waals surface area contributed by atoms with Crippen molar-refractivity contribution in [3.05, 3.63) is 35.9 Å². The second-order valence-electron chi connectivity index (χ2n) is 3.88. The van der Waals surface area contributed by atoms with Gasteiger partial charge in [-0.25, -0.2) is 0 Å². The van der Waals surface area contributed by atoms with Gasteiger partial charge in [-0.15, -0.1) is 0 Å². The molecule has 0 fully saturated rings. The molecule has 0 aliphatic heterocycles. The summed E-state index contributed by atoms with van der Waals surface area (Å²) in [6.07, 6.45) is 2.37. The van der Waals surface area contributed by atoms with E-state index in [1.807, 2.05) is 6.07 Å². The molecule has 0 amide bonds. The van der Waals surface area contributed by atoms with E-state index in [2.05, 4.69) is 45.1 Å². The lowest BCUT2D eigenvalue weighted by atomic mass is 10.2. The standard InChI is InChI=1S/C13H20BrNO/c14-8-4-5-9-15(10-11-16)12-13-6-2-1-3-7-13/h1-3,6-7,16H,4-5,8-12H2. The Morgan fingerprint density at radius 3 is 2.44 bits per heavy atom. The molecular weight excluding hydrogens is 266 g/mol. The molecule has 16 heavy (non-hydrogen) atoms. The van der Waals surface area contributed by atoms with Crippen molar-refractivity contribution in [1.29, 1.82) is 0 Å². The molecule has 0 radical (unpaired) electrons. The lowest BCUT2D eigenvalue weighted by Gasteiger charge is -2.21. The van der Waals surface area contributed by atoms with Crippen LogP contribution in [-0.2, 0) is 6.54 Å². The zero-order valence-electron chi connectivity index (χ0n) is 9.61. The van der Waals surface area contributed by atoms with Gasteiger partial charge in [-0.2, -0.15) is 0 Å². The van der Waals surface area contributed by atoms with Gasteiger partial charge in [-0.05, 0) is 24.9 Å². The second kappa shape index (κ2) is 8.74. The molecule has 0 saturated carbocycles. The number of aliphatic hydroxyl groups is 1. The van der Waals surface area contributed by atoms with Gasteiger partial charge in [0.15, 0.2) is 0 Å². The first kappa shape index (κ1) is 13.7. The molecule has 0 bridgehead atoms. The quantitative estimate of drug-likeness (QED) is 0.586. The highest BCUT2D eigenvalue weighted by Crippen LogP contribution is 2.06. The first-order valence-electron chi connectivity index (χ1n) is 5.80. The Bertz CT molecular complexity index is 266. The van der Waals surface area contributed by atoms with E-state index in [1.165, 1.54) is 18.4 Å². The summed E-state index contributed by atoms with van der Waals surface area (Å²) in [7, 11) is 0. The summed E-state index contributed by atoms with van der Waals surface area (Å²) in [4.78, 5) is 2.30. The molecule has 0 heterocycles. The van der Waals surface area contributed by atoms with Crippen LogP contribution in [-0.4, -0.2) is 35.0 Å². The van der Waals surface area contributed by atoms with E-state index in [1.54, 1.807) is 0 Å². The summed E-state index contributed by atoms with van der Waals surface area (Å²) in [5.74, 6) is 0. The van der Waals surface area contributed by atoms with E-state index in [9.17, 15) is 0 Å². The molecule has 1 N–H and O–H groups in total.